The highest BCUT2D eigenvalue weighted by atomic mass is 16.3. The van der Waals surface area contributed by atoms with Gasteiger partial charge in [0.2, 0.25) is 0 Å². The second-order valence-electron chi connectivity index (χ2n) is 32.3. The summed E-state index contributed by atoms with van der Waals surface area (Å²) in [7, 11) is 0. The molecular weight excluding hydrogens is 1580 g/mol. The fraction of sp³-hybridized carbons (Fsp3) is 0.0431. The van der Waals surface area contributed by atoms with Crippen LogP contribution in [0, 0.1) is 13.8 Å². The molecule has 0 radical (unpaired) electrons. The number of rotatable bonds is 15. The van der Waals surface area contributed by atoms with Gasteiger partial charge in [-0.3, -0.25) is 29.1 Å². The molecule has 3 amide bonds. The van der Waals surface area contributed by atoms with Crippen molar-refractivity contribution in [2.45, 2.75) is 30.1 Å². The van der Waals surface area contributed by atoms with Crippen LogP contribution in [0.5, 0.6) is 34.5 Å². The van der Waals surface area contributed by atoms with Crippen LogP contribution in [-0.4, -0.2) is 48.4 Å². The third kappa shape index (κ3) is 13.8. The van der Waals surface area contributed by atoms with Crippen LogP contribution >= 0.6 is 0 Å². The Balaban J connectivity index is 0.000000125. The molecule has 0 spiro atoms. The first-order chi connectivity index (χ1) is 62.6. The van der Waals surface area contributed by atoms with Gasteiger partial charge in [0.05, 0.1) is 17.1 Å². The lowest BCUT2D eigenvalue weighted by Crippen LogP contribution is -2.40. The van der Waals surface area contributed by atoms with E-state index >= 15 is 14.4 Å². The molecule has 3 aliphatic rings. The Bertz CT molecular complexity index is 6870. The monoisotopic (exact) mass is 1660 g/mol. The summed E-state index contributed by atoms with van der Waals surface area (Å²) in [5.41, 5.74) is 16.9. The molecule has 18 aromatic rings. The van der Waals surface area contributed by atoms with Crippen LogP contribution in [0.1, 0.15) is 61.2 Å². The first kappa shape index (κ1) is 80.9. The summed E-state index contributed by atoms with van der Waals surface area (Å²) in [6.45, 7) is 4.03. The lowest BCUT2D eigenvalue weighted by molar-refractivity contribution is -0.120. The van der Waals surface area contributed by atoms with Crippen molar-refractivity contribution in [1.82, 2.24) is 0 Å². The maximum Gasteiger partial charge on any atom is 0.251 e. The van der Waals surface area contributed by atoms with E-state index in [9.17, 15) is 30.6 Å². The molecule has 3 aliphatic heterocycles. The van der Waals surface area contributed by atoms with E-state index in [0.29, 0.717) is 78.4 Å². The average molecular weight is 1660 g/mol. The minimum Gasteiger partial charge on any atom is -0.508 e. The van der Waals surface area contributed by atoms with Gasteiger partial charge in [0, 0.05) is 78.3 Å². The zero-order valence-corrected chi connectivity index (χ0v) is 69.9. The first-order valence-corrected chi connectivity index (χ1v) is 42.4. The Morgan fingerprint density at radius 2 is 0.469 bits per heavy atom. The van der Waals surface area contributed by atoms with Gasteiger partial charge in [-0.05, 0) is 173 Å². The summed E-state index contributed by atoms with van der Waals surface area (Å²) in [4.78, 5) is 50.8. The summed E-state index contributed by atoms with van der Waals surface area (Å²) in [6, 6.07) is 139. The minimum absolute atomic E-state index is 0.00808. The van der Waals surface area contributed by atoms with Crippen LogP contribution in [0.2, 0.25) is 0 Å². The van der Waals surface area contributed by atoms with Crippen molar-refractivity contribution < 1.29 is 45.0 Å². The molecule has 18 aromatic carbocycles. The largest absolute Gasteiger partial charge is 0.508 e. The standard InChI is InChI=1S/C40H31NO3.2C38H27NO3/c1-26-10-8-12-28(22-26)33-24-30(18-20-37(33)42)40(31-19-21-38(43)34(25-31)29-13-9-11-27(2)23-29)35-16-6-7-17-36(35)41(39(40)44)32-14-4-3-5-15-32;40-35-29(26-14-4-1-5-15-26)20-12-23-32(35)38(33-24-13-21-30(36(33)41)27-16-6-2-7-17-27)31-22-10-11-25-34(31)39(37(38)42)28-18-8-3-9-19-28;40-35-22-20-28(26-12-4-1-5-13-26)24-32(35)38(33-25-29(21-23-36(33)41)27-14-6-2-7-15-27)31-18-10-11-19-34(31)39(37(38)42)30-16-8-3-9-17-30/h3-25,42-43H,1-2H3;2*1-25,40-41H. The van der Waals surface area contributed by atoms with Gasteiger partial charge in [-0.25, -0.2) is 0 Å². The topological polar surface area (TPSA) is 182 Å². The lowest BCUT2D eigenvalue weighted by atomic mass is 9.68. The Morgan fingerprint density at radius 1 is 0.195 bits per heavy atom. The maximum absolute atomic E-state index is 15.3. The number of anilines is 6. The smallest absolute Gasteiger partial charge is 0.251 e. The molecule has 0 fully saturated rings. The molecule has 128 heavy (non-hydrogen) atoms. The van der Waals surface area contributed by atoms with E-state index in [0.717, 1.165) is 83.7 Å². The number of hydrogen-bond donors (Lipinski definition) is 6. The van der Waals surface area contributed by atoms with Crippen molar-refractivity contribution in [3.8, 4) is 101 Å². The van der Waals surface area contributed by atoms with Crippen LogP contribution in [-0.2, 0) is 30.6 Å². The third-order valence-electron chi connectivity index (χ3n) is 24.8. The molecule has 0 bridgehead atoms. The zero-order valence-electron chi connectivity index (χ0n) is 69.9. The second kappa shape index (κ2) is 33.8. The number of phenols is 6. The molecular formula is C116H85N3O9. The van der Waals surface area contributed by atoms with E-state index in [1.807, 2.05) is 420 Å². The maximum atomic E-state index is 15.3. The van der Waals surface area contributed by atoms with Gasteiger partial charge in [0.25, 0.3) is 17.7 Å². The first-order valence-electron chi connectivity index (χ1n) is 42.4. The van der Waals surface area contributed by atoms with Gasteiger partial charge in [0.1, 0.15) is 50.7 Å². The number of fused-ring (bicyclic) bond motifs is 3. The predicted octanol–water partition coefficient (Wildman–Crippen LogP) is 26.0. The summed E-state index contributed by atoms with van der Waals surface area (Å²) in [5, 5.41) is 69.5. The van der Waals surface area contributed by atoms with Crippen LogP contribution < -0.4 is 14.7 Å². The van der Waals surface area contributed by atoms with Crippen LogP contribution in [0.25, 0.3) is 66.8 Å². The Kier molecular flexibility index (Phi) is 21.3. The van der Waals surface area contributed by atoms with Crippen molar-refractivity contribution in [3.05, 3.63) is 504 Å². The average Bonchev–Trinajstić information content (AvgIpc) is 1.53. The number of nitrogens with zero attached hydrogens (tertiary/aromatic N) is 3. The summed E-state index contributed by atoms with van der Waals surface area (Å²) in [6.07, 6.45) is 0. The SMILES string of the molecule is Cc1cccc(-c2cc(C3(c4ccc(O)c(-c5cccc(C)c5)c4)C(=O)N(c4ccccc4)c4ccccc43)ccc2O)c1.O=C1N(c2ccccc2)c2ccccc2C1(c1cc(-c2ccccc2)ccc1O)c1cc(-c2ccccc2)ccc1O.O=C1N(c2ccccc2)c2ccccc2C1(c1cccc(-c2ccccc2)c1O)c1cccc(-c2ccccc2)c1O. The number of phenolic OH excluding ortho intramolecular Hbond substituents is 6. The van der Waals surface area contributed by atoms with Crippen molar-refractivity contribution in [2.75, 3.05) is 14.7 Å². The highest BCUT2D eigenvalue weighted by molar-refractivity contribution is 6.20. The fourth-order valence-electron chi connectivity index (χ4n) is 19.0. The fourth-order valence-corrected chi connectivity index (χ4v) is 19.0. The van der Waals surface area contributed by atoms with E-state index in [1.54, 1.807) is 51.1 Å². The highest BCUT2D eigenvalue weighted by Gasteiger charge is 2.59. The van der Waals surface area contributed by atoms with E-state index in [4.69, 9.17) is 0 Å². The number of benzene rings is 18. The van der Waals surface area contributed by atoms with Crippen LogP contribution in [0.3, 0.4) is 0 Å². The van der Waals surface area contributed by atoms with Gasteiger partial charge in [-0.15, -0.1) is 0 Å². The number of carbonyl (C=O) groups excluding carboxylic acids is 3. The molecule has 0 saturated heterocycles. The summed E-state index contributed by atoms with van der Waals surface area (Å²) in [5.74, 6) is -0.496. The van der Waals surface area contributed by atoms with Crippen molar-refractivity contribution in [3.63, 3.8) is 0 Å². The molecule has 21 rings (SSSR count). The Labute approximate surface area is 742 Å². The van der Waals surface area contributed by atoms with Gasteiger partial charge in [0.15, 0.2) is 0 Å². The predicted molar refractivity (Wildman–Crippen MR) is 510 cm³/mol. The normalized spacial score (nSPS) is 13.6. The van der Waals surface area contributed by atoms with Crippen LogP contribution in [0.15, 0.2) is 443 Å². The molecule has 6 N–H and O–H groups in total. The minimum atomic E-state index is -1.55. The molecule has 3 heterocycles. The lowest BCUT2D eigenvalue weighted by Gasteiger charge is -2.32. The van der Waals surface area contributed by atoms with Crippen molar-refractivity contribution in [1.29, 1.82) is 0 Å². The molecule has 0 aliphatic carbocycles. The van der Waals surface area contributed by atoms with Crippen LogP contribution in [0.4, 0.5) is 34.1 Å². The van der Waals surface area contributed by atoms with Gasteiger partial charge >= 0.3 is 0 Å². The zero-order chi connectivity index (χ0) is 87.8. The quantitative estimate of drug-likeness (QED) is 0.0582. The number of para-hydroxylation sites is 8. The summed E-state index contributed by atoms with van der Waals surface area (Å²) >= 11 is 0. The number of amides is 3. The molecule has 12 heteroatoms. The van der Waals surface area contributed by atoms with E-state index < -0.39 is 16.2 Å². The number of carbonyl (C=O) groups is 3. The molecule has 0 unspecified atom stereocenters. The number of aromatic hydroxyl groups is 6. The van der Waals surface area contributed by atoms with E-state index in [2.05, 4.69) is 0 Å². The number of aryl methyl sites for hydroxylation is 2. The van der Waals surface area contributed by atoms with Gasteiger partial charge in [-0.2, -0.15) is 0 Å². The molecule has 0 atom stereocenters. The van der Waals surface area contributed by atoms with Gasteiger partial charge in [-0.1, -0.05) is 351 Å². The van der Waals surface area contributed by atoms with Crippen molar-refractivity contribution >= 4 is 51.8 Å². The van der Waals surface area contributed by atoms with Gasteiger partial charge < -0.3 is 30.6 Å². The van der Waals surface area contributed by atoms with Crippen molar-refractivity contribution in [2.24, 2.45) is 0 Å². The Morgan fingerprint density at radius 3 is 0.820 bits per heavy atom. The molecule has 618 valence electrons. The molecule has 12 nitrogen and oxygen atoms in total. The number of hydrogen-bond acceptors (Lipinski definition) is 9. The highest BCUT2D eigenvalue weighted by Crippen LogP contribution is 2.61. The third-order valence-corrected chi connectivity index (χ3v) is 24.8. The van der Waals surface area contributed by atoms with E-state index in [-0.39, 0.29) is 52.2 Å². The second-order valence-corrected chi connectivity index (χ2v) is 32.3. The summed E-state index contributed by atoms with van der Waals surface area (Å²) < 4.78 is 0. The van der Waals surface area contributed by atoms with E-state index in [1.165, 1.54) is 0 Å². The molecule has 0 saturated carbocycles. The molecule has 0 aromatic heterocycles. The Hall–Kier alpha value is -16.8.